The molecule has 0 bridgehead atoms. The van der Waals surface area contributed by atoms with Crippen LogP contribution in [0.25, 0.3) is 0 Å². The number of rotatable bonds is 3. The molecule has 1 aromatic carbocycles. The van der Waals surface area contributed by atoms with Crippen molar-refractivity contribution in [3.63, 3.8) is 0 Å². The van der Waals surface area contributed by atoms with Crippen LogP contribution >= 0.6 is 0 Å². The van der Waals surface area contributed by atoms with Crippen molar-refractivity contribution in [3.05, 3.63) is 59.9 Å². The number of pyridine rings is 1. The third-order valence-electron chi connectivity index (χ3n) is 2.14. The van der Waals surface area contributed by atoms with Crippen LogP contribution in [-0.2, 0) is 6.61 Å². The molecule has 0 aliphatic heterocycles. The normalized spacial score (nSPS) is 9.12. The zero-order valence-corrected chi connectivity index (χ0v) is 10.7. The van der Waals surface area contributed by atoms with Crippen molar-refractivity contribution >= 4 is 0 Å². The second kappa shape index (κ2) is 7.44. The zero-order valence-electron chi connectivity index (χ0n) is 10.7. The molecule has 1 aromatic heterocycles. The number of aromatic nitrogens is 1. The molecule has 2 rings (SSSR count). The van der Waals surface area contributed by atoms with Crippen LogP contribution < -0.4 is 4.74 Å². The molecular weight excluding hydrogens is 210 g/mol. The van der Waals surface area contributed by atoms with Gasteiger partial charge in [0.2, 0.25) is 0 Å². The van der Waals surface area contributed by atoms with Gasteiger partial charge in [-0.3, -0.25) is 4.98 Å². The molecule has 90 valence electrons. The van der Waals surface area contributed by atoms with Crippen LogP contribution in [0.3, 0.4) is 0 Å². The second-order valence-corrected chi connectivity index (χ2v) is 3.46. The van der Waals surface area contributed by atoms with Crippen LogP contribution in [0.15, 0.2) is 48.8 Å². The monoisotopic (exact) mass is 229 g/mol. The van der Waals surface area contributed by atoms with Crippen molar-refractivity contribution in [1.29, 1.82) is 0 Å². The molecule has 2 aromatic rings. The maximum Gasteiger partial charge on any atom is 0.120 e. The van der Waals surface area contributed by atoms with Gasteiger partial charge >= 0.3 is 0 Å². The van der Waals surface area contributed by atoms with Crippen LogP contribution in [0.5, 0.6) is 5.75 Å². The molecule has 0 radical (unpaired) electrons. The first-order valence-electron chi connectivity index (χ1n) is 5.93. The van der Waals surface area contributed by atoms with E-state index in [2.05, 4.69) is 18.0 Å². The van der Waals surface area contributed by atoms with E-state index in [9.17, 15) is 0 Å². The summed E-state index contributed by atoms with van der Waals surface area (Å²) in [7, 11) is 0. The number of benzene rings is 1. The molecule has 2 nitrogen and oxygen atoms in total. The molecule has 0 fully saturated rings. The van der Waals surface area contributed by atoms with E-state index in [0.717, 1.165) is 11.3 Å². The van der Waals surface area contributed by atoms with E-state index in [1.54, 1.807) is 12.4 Å². The lowest BCUT2D eigenvalue weighted by molar-refractivity contribution is 0.306. The van der Waals surface area contributed by atoms with Crippen molar-refractivity contribution in [2.45, 2.75) is 27.4 Å². The van der Waals surface area contributed by atoms with Crippen molar-refractivity contribution < 1.29 is 4.74 Å². The lowest BCUT2D eigenvalue weighted by Gasteiger charge is -2.06. The molecular formula is C15H19NO. The Morgan fingerprint density at radius 2 is 1.76 bits per heavy atom. The van der Waals surface area contributed by atoms with Crippen molar-refractivity contribution in [3.8, 4) is 5.75 Å². The summed E-state index contributed by atoms with van der Waals surface area (Å²) in [6.07, 6.45) is 3.55. The topological polar surface area (TPSA) is 22.1 Å². The summed E-state index contributed by atoms with van der Waals surface area (Å²) in [5.41, 5.74) is 2.34. The van der Waals surface area contributed by atoms with Crippen molar-refractivity contribution in [1.82, 2.24) is 4.98 Å². The second-order valence-electron chi connectivity index (χ2n) is 3.46. The summed E-state index contributed by atoms with van der Waals surface area (Å²) < 4.78 is 5.65. The SMILES string of the molecule is CC.Cc1cccc(OCc2ccncc2)c1. The van der Waals surface area contributed by atoms with Crippen LogP contribution in [-0.4, -0.2) is 4.98 Å². The van der Waals surface area contributed by atoms with Gasteiger partial charge in [0.25, 0.3) is 0 Å². The fourth-order valence-electron chi connectivity index (χ4n) is 1.35. The van der Waals surface area contributed by atoms with E-state index in [1.807, 2.05) is 44.2 Å². The Morgan fingerprint density at radius 1 is 1.06 bits per heavy atom. The summed E-state index contributed by atoms with van der Waals surface area (Å²) in [4.78, 5) is 3.96. The molecule has 0 saturated carbocycles. The standard InChI is InChI=1S/C13H13NO.C2H6/c1-11-3-2-4-13(9-11)15-10-12-5-7-14-8-6-12;1-2/h2-9H,10H2,1H3;1-2H3. The van der Waals surface area contributed by atoms with Gasteiger partial charge in [0.1, 0.15) is 12.4 Å². The van der Waals surface area contributed by atoms with Gasteiger partial charge in [-0.15, -0.1) is 0 Å². The third kappa shape index (κ3) is 4.68. The van der Waals surface area contributed by atoms with Crippen LogP contribution in [0.4, 0.5) is 0 Å². The summed E-state index contributed by atoms with van der Waals surface area (Å²) in [6, 6.07) is 12.0. The summed E-state index contributed by atoms with van der Waals surface area (Å²) >= 11 is 0. The fraction of sp³-hybridized carbons (Fsp3) is 0.267. The van der Waals surface area contributed by atoms with Gasteiger partial charge in [0, 0.05) is 12.4 Å². The first kappa shape index (κ1) is 13.2. The molecule has 0 N–H and O–H groups in total. The number of ether oxygens (including phenoxy) is 1. The Labute approximate surface area is 103 Å². The van der Waals surface area contributed by atoms with E-state index in [4.69, 9.17) is 4.74 Å². The highest BCUT2D eigenvalue weighted by Crippen LogP contribution is 2.13. The molecule has 17 heavy (non-hydrogen) atoms. The van der Waals surface area contributed by atoms with Gasteiger partial charge in [-0.05, 0) is 42.3 Å². The number of hydrogen-bond donors (Lipinski definition) is 0. The fourth-order valence-corrected chi connectivity index (χ4v) is 1.35. The lowest BCUT2D eigenvalue weighted by Crippen LogP contribution is -1.95. The van der Waals surface area contributed by atoms with Crippen LogP contribution in [0.1, 0.15) is 25.0 Å². The number of hydrogen-bond acceptors (Lipinski definition) is 2. The third-order valence-corrected chi connectivity index (χ3v) is 2.14. The molecule has 0 aliphatic carbocycles. The van der Waals surface area contributed by atoms with E-state index in [0.29, 0.717) is 6.61 Å². The molecule has 0 spiro atoms. The average molecular weight is 229 g/mol. The van der Waals surface area contributed by atoms with Crippen molar-refractivity contribution in [2.75, 3.05) is 0 Å². The maximum atomic E-state index is 5.65. The number of aryl methyl sites for hydroxylation is 1. The van der Waals surface area contributed by atoms with Gasteiger partial charge in [0.05, 0.1) is 0 Å². The highest BCUT2D eigenvalue weighted by Gasteiger charge is 1.95. The van der Waals surface area contributed by atoms with E-state index in [1.165, 1.54) is 5.56 Å². The van der Waals surface area contributed by atoms with Crippen molar-refractivity contribution in [2.24, 2.45) is 0 Å². The number of nitrogens with zero attached hydrogens (tertiary/aromatic N) is 1. The molecule has 0 atom stereocenters. The Bertz CT molecular complexity index is 426. The molecule has 0 saturated heterocycles. The Balaban J connectivity index is 0.000000686. The predicted octanol–water partition coefficient (Wildman–Crippen LogP) is 4.00. The first-order chi connectivity index (χ1) is 8.34. The summed E-state index contributed by atoms with van der Waals surface area (Å²) in [5.74, 6) is 0.909. The maximum absolute atomic E-state index is 5.65. The van der Waals surface area contributed by atoms with E-state index >= 15 is 0 Å². The zero-order chi connectivity index (χ0) is 12.5. The summed E-state index contributed by atoms with van der Waals surface area (Å²) in [6.45, 7) is 6.64. The molecule has 0 amide bonds. The quantitative estimate of drug-likeness (QED) is 0.793. The Kier molecular flexibility index (Phi) is 5.80. The minimum absolute atomic E-state index is 0.589. The minimum atomic E-state index is 0.589. The minimum Gasteiger partial charge on any atom is -0.489 e. The van der Waals surface area contributed by atoms with Gasteiger partial charge < -0.3 is 4.74 Å². The molecule has 0 aliphatic rings. The van der Waals surface area contributed by atoms with Gasteiger partial charge in [-0.1, -0.05) is 26.0 Å². The Hall–Kier alpha value is -1.83. The highest BCUT2D eigenvalue weighted by molar-refractivity contribution is 5.27. The average Bonchev–Trinajstić information content (AvgIpc) is 2.40. The first-order valence-corrected chi connectivity index (χ1v) is 5.93. The largest absolute Gasteiger partial charge is 0.489 e. The molecule has 0 unspecified atom stereocenters. The lowest BCUT2D eigenvalue weighted by atomic mass is 10.2. The van der Waals surface area contributed by atoms with Gasteiger partial charge in [-0.2, -0.15) is 0 Å². The van der Waals surface area contributed by atoms with Gasteiger partial charge in [0.15, 0.2) is 0 Å². The van der Waals surface area contributed by atoms with E-state index < -0.39 is 0 Å². The summed E-state index contributed by atoms with van der Waals surface area (Å²) in [5, 5.41) is 0. The Morgan fingerprint density at radius 3 is 2.41 bits per heavy atom. The molecule has 2 heteroatoms. The highest BCUT2D eigenvalue weighted by atomic mass is 16.5. The molecule has 1 heterocycles. The van der Waals surface area contributed by atoms with Gasteiger partial charge in [-0.25, -0.2) is 0 Å². The van der Waals surface area contributed by atoms with Crippen LogP contribution in [0.2, 0.25) is 0 Å². The van der Waals surface area contributed by atoms with E-state index in [-0.39, 0.29) is 0 Å². The predicted molar refractivity (Wildman–Crippen MR) is 71.1 cm³/mol. The van der Waals surface area contributed by atoms with Crippen LogP contribution in [0, 0.1) is 6.92 Å². The smallest absolute Gasteiger partial charge is 0.120 e.